The molecule has 0 unspecified atom stereocenters. The number of carboxylic acid groups (broad SMARTS) is 1. The number of anilines is 1. The third kappa shape index (κ3) is 4.09. The number of carbonyl (C=O) groups excluding carboxylic acids is 1. The number of para-hydroxylation sites is 1. The van der Waals surface area contributed by atoms with Crippen LogP contribution in [-0.2, 0) is 11.3 Å². The molecule has 23 heavy (non-hydrogen) atoms. The van der Waals surface area contributed by atoms with Crippen LogP contribution >= 0.6 is 0 Å². The summed E-state index contributed by atoms with van der Waals surface area (Å²) < 4.78 is 6.96. The normalized spacial score (nSPS) is 13.6. The molecule has 0 bridgehead atoms. The van der Waals surface area contributed by atoms with Crippen LogP contribution < -0.4 is 10.1 Å². The van der Waals surface area contributed by atoms with Crippen LogP contribution in [0.5, 0.6) is 5.75 Å². The average Bonchev–Trinajstić information content (AvgIpc) is 3.26. The molecule has 7 nitrogen and oxygen atoms in total. The van der Waals surface area contributed by atoms with Gasteiger partial charge in [0.25, 0.3) is 5.91 Å². The minimum Gasteiger partial charge on any atom is -0.492 e. The van der Waals surface area contributed by atoms with Crippen molar-refractivity contribution in [3.63, 3.8) is 0 Å². The summed E-state index contributed by atoms with van der Waals surface area (Å²) >= 11 is 0. The second-order valence-corrected chi connectivity index (χ2v) is 5.50. The smallest absolute Gasteiger partial charge is 0.325 e. The number of carboxylic acids is 1. The maximum Gasteiger partial charge on any atom is 0.325 e. The van der Waals surface area contributed by atoms with Gasteiger partial charge < -0.3 is 15.2 Å². The third-order valence-corrected chi connectivity index (χ3v) is 3.48. The number of nitrogens with one attached hydrogen (secondary N) is 1. The van der Waals surface area contributed by atoms with Crippen LogP contribution in [0, 0.1) is 5.92 Å². The lowest BCUT2D eigenvalue weighted by Gasteiger charge is -2.10. The Bertz CT molecular complexity index is 722. The second-order valence-electron chi connectivity index (χ2n) is 5.50. The molecular formula is C16H17N3O4. The number of aliphatic carboxylic acids is 1. The number of aromatic nitrogens is 2. The summed E-state index contributed by atoms with van der Waals surface area (Å²) in [4.78, 5) is 23.0. The molecule has 1 amide bonds. The van der Waals surface area contributed by atoms with Crippen molar-refractivity contribution in [1.29, 1.82) is 0 Å². The van der Waals surface area contributed by atoms with Crippen LogP contribution in [0.4, 0.5) is 5.82 Å². The number of benzene rings is 1. The van der Waals surface area contributed by atoms with Gasteiger partial charge in [-0.2, -0.15) is 5.10 Å². The number of amides is 1. The molecule has 1 heterocycles. The Morgan fingerprint density at radius 2 is 2.09 bits per heavy atom. The van der Waals surface area contributed by atoms with Gasteiger partial charge in [0.15, 0.2) is 5.82 Å². The SMILES string of the molecule is O=C(O)Cn1ccc(NC(=O)c2ccccc2OCC2CC2)n1. The lowest BCUT2D eigenvalue weighted by atomic mass is 10.2. The first-order valence-corrected chi connectivity index (χ1v) is 7.40. The van der Waals surface area contributed by atoms with Crippen LogP contribution in [0.25, 0.3) is 0 Å². The van der Waals surface area contributed by atoms with Crippen molar-refractivity contribution < 1.29 is 19.4 Å². The Labute approximate surface area is 132 Å². The van der Waals surface area contributed by atoms with Gasteiger partial charge in [-0.05, 0) is 30.9 Å². The Morgan fingerprint density at radius 1 is 1.30 bits per heavy atom. The predicted molar refractivity (Wildman–Crippen MR) is 82.5 cm³/mol. The van der Waals surface area contributed by atoms with Gasteiger partial charge in [-0.1, -0.05) is 12.1 Å². The zero-order chi connectivity index (χ0) is 16.2. The van der Waals surface area contributed by atoms with Gasteiger partial charge >= 0.3 is 5.97 Å². The molecule has 2 N–H and O–H groups in total. The summed E-state index contributed by atoms with van der Waals surface area (Å²) in [5.74, 6) is 0.106. The van der Waals surface area contributed by atoms with Crippen molar-refractivity contribution in [1.82, 2.24) is 9.78 Å². The van der Waals surface area contributed by atoms with Gasteiger partial charge in [-0.15, -0.1) is 0 Å². The highest BCUT2D eigenvalue weighted by Crippen LogP contribution is 2.30. The minimum atomic E-state index is -0.996. The summed E-state index contributed by atoms with van der Waals surface area (Å²) in [6.45, 7) is 0.370. The highest BCUT2D eigenvalue weighted by Gasteiger charge is 2.23. The van der Waals surface area contributed by atoms with E-state index in [1.165, 1.54) is 23.7 Å². The molecular weight excluding hydrogens is 298 g/mol. The highest BCUT2D eigenvalue weighted by molar-refractivity contribution is 6.05. The molecule has 0 aliphatic heterocycles. The first kappa shape index (κ1) is 15.1. The predicted octanol–water partition coefficient (Wildman–Crippen LogP) is 2.01. The molecule has 1 saturated carbocycles. The number of hydrogen-bond donors (Lipinski definition) is 2. The fourth-order valence-corrected chi connectivity index (χ4v) is 2.11. The van der Waals surface area contributed by atoms with Gasteiger partial charge in [0, 0.05) is 12.3 Å². The van der Waals surface area contributed by atoms with Crippen molar-refractivity contribution in [3.8, 4) is 5.75 Å². The summed E-state index contributed by atoms with van der Waals surface area (Å²) in [6, 6.07) is 8.59. The molecule has 1 aromatic carbocycles. The van der Waals surface area contributed by atoms with E-state index in [1.807, 2.05) is 6.07 Å². The Hall–Kier alpha value is -2.83. The maximum atomic E-state index is 12.4. The van der Waals surface area contributed by atoms with Gasteiger partial charge in [-0.3, -0.25) is 14.3 Å². The highest BCUT2D eigenvalue weighted by atomic mass is 16.5. The van der Waals surface area contributed by atoms with Crippen LogP contribution in [0.2, 0.25) is 0 Å². The molecule has 1 fully saturated rings. The van der Waals surface area contributed by atoms with E-state index in [-0.39, 0.29) is 12.5 Å². The average molecular weight is 315 g/mol. The van der Waals surface area contributed by atoms with Gasteiger partial charge in [0.05, 0.1) is 12.2 Å². The second kappa shape index (κ2) is 6.51. The monoisotopic (exact) mass is 315 g/mol. The molecule has 1 aliphatic rings. The topological polar surface area (TPSA) is 93.5 Å². The van der Waals surface area contributed by atoms with E-state index in [0.29, 0.717) is 29.7 Å². The molecule has 2 aromatic rings. The van der Waals surface area contributed by atoms with E-state index < -0.39 is 5.97 Å². The minimum absolute atomic E-state index is 0.253. The zero-order valence-corrected chi connectivity index (χ0v) is 12.4. The van der Waals surface area contributed by atoms with Crippen molar-refractivity contribution in [2.45, 2.75) is 19.4 Å². The van der Waals surface area contributed by atoms with E-state index in [0.717, 1.165) is 0 Å². The number of rotatable bonds is 7. The zero-order valence-electron chi connectivity index (χ0n) is 12.4. The maximum absolute atomic E-state index is 12.4. The summed E-state index contributed by atoms with van der Waals surface area (Å²) in [5.41, 5.74) is 0.431. The van der Waals surface area contributed by atoms with Crippen LogP contribution in [0.1, 0.15) is 23.2 Å². The first-order valence-electron chi connectivity index (χ1n) is 7.40. The van der Waals surface area contributed by atoms with E-state index in [2.05, 4.69) is 10.4 Å². The van der Waals surface area contributed by atoms with Crippen LogP contribution in [0.3, 0.4) is 0 Å². The van der Waals surface area contributed by atoms with Gasteiger partial charge in [0.1, 0.15) is 12.3 Å². The molecule has 0 radical (unpaired) electrons. The molecule has 0 spiro atoms. The summed E-state index contributed by atoms with van der Waals surface area (Å²) in [5, 5.41) is 15.4. The van der Waals surface area contributed by atoms with E-state index in [1.54, 1.807) is 24.3 Å². The van der Waals surface area contributed by atoms with Crippen molar-refractivity contribution in [2.24, 2.45) is 5.92 Å². The lowest BCUT2D eigenvalue weighted by molar-refractivity contribution is -0.137. The number of ether oxygens (including phenoxy) is 1. The van der Waals surface area contributed by atoms with Gasteiger partial charge in [0.2, 0.25) is 0 Å². The van der Waals surface area contributed by atoms with Crippen molar-refractivity contribution in [2.75, 3.05) is 11.9 Å². The lowest BCUT2D eigenvalue weighted by Crippen LogP contribution is -2.15. The molecule has 0 saturated heterocycles. The largest absolute Gasteiger partial charge is 0.492 e. The van der Waals surface area contributed by atoms with E-state index in [9.17, 15) is 9.59 Å². The Balaban J connectivity index is 1.67. The third-order valence-electron chi connectivity index (χ3n) is 3.48. The Kier molecular flexibility index (Phi) is 4.27. The summed E-state index contributed by atoms with van der Waals surface area (Å²) in [7, 11) is 0. The molecule has 120 valence electrons. The van der Waals surface area contributed by atoms with Crippen LogP contribution in [0.15, 0.2) is 36.5 Å². The molecule has 3 rings (SSSR count). The van der Waals surface area contributed by atoms with E-state index >= 15 is 0 Å². The fourth-order valence-electron chi connectivity index (χ4n) is 2.11. The van der Waals surface area contributed by atoms with Crippen molar-refractivity contribution in [3.05, 3.63) is 42.1 Å². The number of hydrogen-bond acceptors (Lipinski definition) is 4. The number of carbonyl (C=O) groups is 2. The van der Waals surface area contributed by atoms with E-state index in [4.69, 9.17) is 9.84 Å². The fraction of sp³-hybridized carbons (Fsp3) is 0.312. The molecule has 7 heteroatoms. The van der Waals surface area contributed by atoms with Crippen molar-refractivity contribution >= 4 is 17.7 Å². The summed E-state index contributed by atoms with van der Waals surface area (Å²) in [6.07, 6.45) is 3.85. The quantitative estimate of drug-likeness (QED) is 0.815. The van der Waals surface area contributed by atoms with Gasteiger partial charge in [-0.25, -0.2) is 0 Å². The first-order chi connectivity index (χ1) is 11.1. The van der Waals surface area contributed by atoms with Crippen LogP contribution in [-0.4, -0.2) is 33.4 Å². The number of nitrogens with zero attached hydrogens (tertiary/aromatic N) is 2. The Morgan fingerprint density at radius 3 is 2.83 bits per heavy atom. The molecule has 1 aromatic heterocycles. The molecule has 0 atom stereocenters. The standard InChI is InChI=1S/C16H17N3O4/c20-15(21)9-19-8-7-14(18-19)17-16(22)12-3-1-2-4-13(12)23-10-11-5-6-11/h1-4,7-8,11H,5-6,9-10H2,(H,20,21)(H,17,18,22). The molecule has 1 aliphatic carbocycles.